The third-order valence-corrected chi connectivity index (χ3v) is 3.69. The van der Waals surface area contributed by atoms with Gasteiger partial charge in [-0.05, 0) is 29.9 Å². The number of H-pyrrole nitrogens is 1. The maximum Gasteiger partial charge on any atom is 0.127 e. The molecule has 1 aromatic carbocycles. The van der Waals surface area contributed by atoms with Crippen LogP contribution in [0.5, 0.6) is 0 Å². The highest BCUT2D eigenvalue weighted by atomic mass is 14.9. The molecule has 0 spiro atoms. The van der Waals surface area contributed by atoms with Gasteiger partial charge in [-0.15, -0.1) is 0 Å². The van der Waals surface area contributed by atoms with E-state index in [1.807, 2.05) is 0 Å². The lowest BCUT2D eigenvalue weighted by Gasteiger charge is -2.26. The van der Waals surface area contributed by atoms with Gasteiger partial charge in [-0.1, -0.05) is 30.7 Å². The first-order valence-electron chi connectivity index (χ1n) is 6.19. The second-order valence-corrected chi connectivity index (χ2v) is 4.75. The minimum Gasteiger partial charge on any atom is -0.347 e. The fourth-order valence-corrected chi connectivity index (χ4v) is 2.32. The van der Waals surface area contributed by atoms with Crippen LogP contribution in [0.4, 0.5) is 0 Å². The molecule has 1 aliphatic carbocycles. The molecule has 1 aromatic heterocycles. The Labute approximate surface area is 101 Å². The van der Waals surface area contributed by atoms with Crippen LogP contribution in [0.25, 0.3) is 0 Å². The summed E-state index contributed by atoms with van der Waals surface area (Å²) >= 11 is 0. The second-order valence-electron chi connectivity index (χ2n) is 4.75. The Morgan fingerprint density at radius 2 is 2.00 bits per heavy atom. The smallest absolute Gasteiger partial charge is 0.127 e. The molecule has 1 fully saturated rings. The molecule has 1 heterocycles. The van der Waals surface area contributed by atoms with Gasteiger partial charge in [0.15, 0.2) is 0 Å². The number of nitrogens with zero attached hydrogens (tertiary/aromatic N) is 1. The van der Waals surface area contributed by atoms with Crippen LogP contribution in [0.3, 0.4) is 0 Å². The third kappa shape index (κ3) is 1.98. The van der Waals surface area contributed by atoms with E-state index in [0.29, 0.717) is 0 Å². The zero-order chi connectivity index (χ0) is 11.7. The Morgan fingerprint density at radius 1 is 1.24 bits per heavy atom. The molecule has 2 aromatic rings. The Morgan fingerprint density at radius 3 is 2.53 bits per heavy atom. The van der Waals surface area contributed by atoms with E-state index in [2.05, 4.69) is 34.2 Å². The Kier molecular flexibility index (Phi) is 2.69. The van der Waals surface area contributed by atoms with Crippen molar-refractivity contribution in [3.05, 3.63) is 53.6 Å². The predicted molar refractivity (Wildman–Crippen MR) is 67.7 cm³/mol. The van der Waals surface area contributed by atoms with Gasteiger partial charge in [-0.25, -0.2) is 4.98 Å². The number of aromatic nitrogens is 2. The van der Waals surface area contributed by atoms with Crippen LogP contribution >= 0.6 is 0 Å². The lowest BCUT2D eigenvalue weighted by Crippen LogP contribution is -2.14. The topological polar surface area (TPSA) is 54.7 Å². The molecule has 88 valence electrons. The molecule has 17 heavy (non-hydrogen) atoms. The fraction of sp³-hybridized carbons (Fsp3) is 0.357. The van der Waals surface area contributed by atoms with Gasteiger partial charge in [0.25, 0.3) is 0 Å². The number of hydrogen-bond donors (Lipinski definition) is 2. The summed E-state index contributed by atoms with van der Waals surface area (Å²) in [4.78, 5) is 7.26. The van der Waals surface area contributed by atoms with Crippen LogP contribution in [-0.4, -0.2) is 9.97 Å². The summed E-state index contributed by atoms with van der Waals surface area (Å²) in [6.07, 6.45) is 7.58. The lowest BCUT2D eigenvalue weighted by molar-refractivity contribution is 0.419. The van der Waals surface area contributed by atoms with Gasteiger partial charge in [0.2, 0.25) is 0 Å². The average Bonchev–Trinajstić information content (AvgIpc) is 2.80. The van der Waals surface area contributed by atoms with Crippen molar-refractivity contribution in [1.82, 2.24) is 9.97 Å². The van der Waals surface area contributed by atoms with E-state index >= 15 is 0 Å². The van der Waals surface area contributed by atoms with E-state index < -0.39 is 0 Å². The molecule has 0 bridgehead atoms. The van der Waals surface area contributed by atoms with Crippen LogP contribution in [0, 0.1) is 0 Å². The van der Waals surface area contributed by atoms with Crippen molar-refractivity contribution in [2.45, 2.75) is 31.2 Å². The molecule has 1 unspecified atom stereocenters. The molecule has 0 aliphatic heterocycles. The number of imidazole rings is 1. The molecule has 3 rings (SSSR count). The Hall–Kier alpha value is -1.61. The molecular weight excluding hydrogens is 210 g/mol. The molecule has 0 amide bonds. The summed E-state index contributed by atoms with van der Waals surface area (Å²) in [7, 11) is 0. The summed E-state index contributed by atoms with van der Waals surface area (Å²) in [5.41, 5.74) is 8.70. The van der Waals surface area contributed by atoms with E-state index in [1.165, 1.54) is 24.8 Å². The molecule has 0 radical (unpaired) electrons. The summed E-state index contributed by atoms with van der Waals surface area (Å²) in [5, 5.41) is 0. The van der Waals surface area contributed by atoms with Crippen LogP contribution < -0.4 is 5.73 Å². The van der Waals surface area contributed by atoms with Crippen molar-refractivity contribution in [2.24, 2.45) is 5.73 Å². The zero-order valence-corrected chi connectivity index (χ0v) is 9.76. The van der Waals surface area contributed by atoms with Crippen LogP contribution in [0.2, 0.25) is 0 Å². The monoisotopic (exact) mass is 227 g/mol. The lowest BCUT2D eigenvalue weighted by atomic mass is 9.80. The van der Waals surface area contributed by atoms with E-state index in [4.69, 9.17) is 5.73 Å². The summed E-state index contributed by atoms with van der Waals surface area (Å²) in [5.74, 6) is 1.60. The summed E-state index contributed by atoms with van der Waals surface area (Å²) in [6, 6.07) is 8.52. The van der Waals surface area contributed by atoms with Crippen LogP contribution in [0.1, 0.15) is 48.2 Å². The highest BCUT2D eigenvalue weighted by Gasteiger charge is 2.19. The summed E-state index contributed by atoms with van der Waals surface area (Å²) < 4.78 is 0. The number of hydrogen-bond acceptors (Lipinski definition) is 2. The Balaban J connectivity index is 1.79. The zero-order valence-electron chi connectivity index (χ0n) is 9.76. The van der Waals surface area contributed by atoms with Gasteiger partial charge >= 0.3 is 0 Å². The minimum atomic E-state index is -0.152. The van der Waals surface area contributed by atoms with Crippen molar-refractivity contribution in [3.63, 3.8) is 0 Å². The van der Waals surface area contributed by atoms with Gasteiger partial charge in [0, 0.05) is 12.4 Å². The molecule has 3 nitrogen and oxygen atoms in total. The number of benzene rings is 1. The van der Waals surface area contributed by atoms with Crippen LogP contribution in [0.15, 0.2) is 36.7 Å². The van der Waals surface area contributed by atoms with Gasteiger partial charge < -0.3 is 10.7 Å². The molecule has 1 atom stereocenters. The van der Waals surface area contributed by atoms with Crippen LogP contribution in [-0.2, 0) is 0 Å². The maximum atomic E-state index is 6.14. The van der Waals surface area contributed by atoms with E-state index in [9.17, 15) is 0 Å². The van der Waals surface area contributed by atoms with E-state index in [0.717, 1.165) is 17.3 Å². The first kappa shape index (κ1) is 10.5. The highest BCUT2D eigenvalue weighted by molar-refractivity contribution is 5.30. The first-order valence-corrected chi connectivity index (χ1v) is 6.19. The van der Waals surface area contributed by atoms with Crippen molar-refractivity contribution in [2.75, 3.05) is 0 Å². The summed E-state index contributed by atoms with van der Waals surface area (Å²) in [6.45, 7) is 0. The quantitative estimate of drug-likeness (QED) is 0.847. The molecule has 0 saturated heterocycles. The third-order valence-electron chi connectivity index (χ3n) is 3.69. The van der Waals surface area contributed by atoms with Crippen molar-refractivity contribution >= 4 is 0 Å². The second kappa shape index (κ2) is 4.34. The van der Waals surface area contributed by atoms with E-state index in [1.54, 1.807) is 12.4 Å². The average molecular weight is 227 g/mol. The minimum absolute atomic E-state index is 0.152. The molecule has 1 aliphatic rings. The Bertz CT molecular complexity index is 469. The van der Waals surface area contributed by atoms with Gasteiger partial charge in [-0.3, -0.25) is 0 Å². The molecule has 3 heteroatoms. The predicted octanol–water partition coefficient (Wildman–Crippen LogP) is 2.73. The molecule has 3 N–H and O–H groups in total. The van der Waals surface area contributed by atoms with Gasteiger partial charge in [-0.2, -0.15) is 0 Å². The number of aromatic amines is 1. The van der Waals surface area contributed by atoms with Gasteiger partial charge in [0.05, 0.1) is 6.04 Å². The van der Waals surface area contributed by atoms with Crippen molar-refractivity contribution in [3.8, 4) is 0 Å². The van der Waals surface area contributed by atoms with Crippen molar-refractivity contribution in [1.29, 1.82) is 0 Å². The number of nitrogens with two attached hydrogens (primary N) is 1. The fourth-order valence-electron chi connectivity index (χ4n) is 2.32. The SMILES string of the molecule is NC(c1ccc(C2CCC2)cc1)c1ncc[nH]1. The number of rotatable bonds is 3. The highest BCUT2D eigenvalue weighted by Crippen LogP contribution is 2.36. The maximum absolute atomic E-state index is 6.14. The molecular formula is C14H17N3. The van der Waals surface area contributed by atoms with E-state index in [-0.39, 0.29) is 6.04 Å². The standard InChI is InChI=1S/C14H17N3/c15-13(14-16-8-9-17-14)12-6-4-11(5-7-12)10-2-1-3-10/h4-10,13H,1-3,15H2,(H,16,17). The normalized spacial score (nSPS) is 17.7. The molecule has 1 saturated carbocycles. The first-order chi connectivity index (χ1) is 8.34. The van der Waals surface area contributed by atoms with Crippen molar-refractivity contribution < 1.29 is 0 Å². The largest absolute Gasteiger partial charge is 0.347 e. The van der Waals surface area contributed by atoms with Gasteiger partial charge in [0.1, 0.15) is 5.82 Å². The number of nitrogens with one attached hydrogen (secondary N) is 1.